The Morgan fingerprint density at radius 2 is 2.00 bits per heavy atom. The fourth-order valence-electron chi connectivity index (χ4n) is 1.73. The average molecular weight is 344 g/mol. The first-order chi connectivity index (χ1) is 10.9. The maximum absolute atomic E-state index is 13.4. The van der Waals surface area contributed by atoms with Crippen LogP contribution >= 0.6 is 0 Å². The van der Waals surface area contributed by atoms with E-state index in [0.717, 1.165) is 12.1 Å². The van der Waals surface area contributed by atoms with E-state index in [0.29, 0.717) is 11.8 Å². The van der Waals surface area contributed by atoms with Crippen LogP contribution in [0.5, 0.6) is 0 Å². The van der Waals surface area contributed by atoms with E-state index in [4.69, 9.17) is 4.42 Å². The summed E-state index contributed by atoms with van der Waals surface area (Å²) in [5, 5.41) is 2.46. The molecule has 0 saturated heterocycles. The van der Waals surface area contributed by atoms with E-state index in [2.05, 4.69) is 5.32 Å². The second kappa shape index (κ2) is 7.34. The molecular weight excluding hydrogens is 330 g/mol. The highest BCUT2D eigenvalue weighted by Crippen LogP contribution is 2.12. The minimum Gasteiger partial charge on any atom is -0.467 e. The topological polar surface area (TPSA) is 88.4 Å². The molecule has 1 aromatic heterocycles. The van der Waals surface area contributed by atoms with Crippen molar-refractivity contribution >= 4 is 15.9 Å². The van der Waals surface area contributed by atoms with Crippen LogP contribution < -0.4 is 10.0 Å². The zero-order valence-corrected chi connectivity index (χ0v) is 12.7. The van der Waals surface area contributed by atoms with Crippen molar-refractivity contribution in [3.63, 3.8) is 0 Å². The van der Waals surface area contributed by atoms with Gasteiger partial charge in [-0.05, 0) is 18.2 Å². The summed E-state index contributed by atoms with van der Waals surface area (Å²) in [6, 6.07) is 5.91. The number of rotatable bonds is 7. The third-order valence-corrected chi connectivity index (χ3v) is 4.13. The van der Waals surface area contributed by atoms with E-state index in [9.17, 15) is 22.0 Å². The van der Waals surface area contributed by atoms with Gasteiger partial charge in [0.1, 0.15) is 17.4 Å². The summed E-state index contributed by atoms with van der Waals surface area (Å²) in [7, 11) is -3.93. The molecule has 0 atom stereocenters. The number of sulfonamides is 1. The van der Waals surface area contributed by atoms with Gasteiger partial charge in [-0.2, -0.15) is 0 Å². The quantitative estimate of drug-likeness (QED) is 0.792. The molecule has 2 aromatic rings. The number of nitrogens with one attached hydrogen (secondary N) is 2. The molecule has 6 nitrogen and oxygen atoms in total. The SMILES string of the molecule is O=C(CNS(=O)(=O)Cc1ccc(F)cc1F)NCc1ccco1. The molecule has 0 bridgehead atoms. The number of carbonyl (C=O) groups is 1. The Balaban J connectivity index is 1.84. The van der Waals surface area contributed by atoms with Crippen LogP contribution in [0.1, 0.15) is 11.3 Å². The number of halogens is 2. The van der Waals surface area contributed by atoms with Crippen LogP contribution in [0.2, 0.25) is 0 Å². The number of hydrogen-bond donors (Lipinski definition) is 2. The van der Waals surface area contributed by atoms with Crippen LogP contribution in [-0.2, 0) is 27.1 Å². The molecule has 0 unspecified atom stereocenters. The minimum absolute atomic E-state index is 0.125. The lowest BCUT2D eigenvalue weighted by Crippen LogP contribution is -2.37. The zero-order chi connectivity index (χ0) is 16.9. The van der Waals surface area contributed by atoms with Crippen molar-refractivity contribution in [1.82, 2.24) is 10.0 Å². The standard InChI is InChI=1S/C14H14F2N2O4S/c15-11-4-3-10(13(16)6-11)9-23(20,21)18-8-14(19)17-7-12-2-1-5-22-12/h1-6,18H,7-9H2,(H,17,19). The van der Waals surface area contributed by atoms with Crippen molar-refractivity contribution < 1.29 is 26.4 Å². The van der Waals surface area contributed by atoms with E-state index in [-0.39, 0.29) is 12.1 Å². The van der Waals surface area contributed by atoms with Gasteiger partial charge in [-0.25, -0.2) is 21.9 Å². The molecule has 0 spiro atoms. The Morgan fingerprint density at radius 1 is 1.22 bits per heavy atom. The van der Waals surface area contributed by atoms with Crippen LogP contribution in [0.4, 0.5) is 8.78 Å². The number of amides is 1. The molecule has 1 amide bonds. The lowest BCUT2D eigenvalue weighted by Gasteiger charge is -2.08. The summed E-state index contributed by atoms with van der Waals surface area (Å²) in [5.74, 6) is -2.49. The fraction of sp³-hybridized carbons (Fsp3) is 0.214. The monoisotopic (exact) mass is 344 g/mol. The molecule has 0 aliphatic carbocycles. The summed E-state index contributed by atoms with van der Waals surface area (Å²) in [5.41, 5.74) is -0.185. The van der Waals surface area contributed by atoms with Crippen molar-refractivity contribution in [2.45, 2.75) is 12.3 Å². The summed E-state index contributed by atoms with van der Waals surface area (Å²) < 4.78 is 56.9. The maximum atomic E-state index is 13.4. The molecule has 0 fully saturated rings. The molecule has 0 aliphatic rings. The molecule has 1 heterocycles. The Hall–Kier alpha value is -2.26. The van der Waals surface area contributed by atoms with Gasteiger partial charge in [-0.1, -0.05) is 6.07 Å². The van der Waals surface area contributed by atoms with E-state index >= 15 is 0 Å². The van der Waals surface area contributed by atoms with Gasteiger partial charge in [0.25, 0.3) is 0 Å². The second-order valence-electron chi connectivity index (χ2n) is 4.67. The lowest BCUT2D eigenvalue weighted by atomic mass is 10.2. The molecule has 2 rings (SSSR count). The predicted octanol–water partition coefficient (Wildman–Crippen LogP) is 1.29. The van der Waals surface area contributed by atoms with Gasteiger partial charge in [0.2, 0.25) is 15.9 Å². The highest BCUT2D eigenvalue weighted by molar-refractivity contribution is 7.88. The van der Waals surface area contributed by atoms with Crippen LogP contribution in [0.25, 0.3) is 0 Å². The van der Waals surface area contributed by atoms with Crippen molar-refractivity contribution in [3.05, 3.63) is 59.6 Å². The Kier molecular flexibility index (Phi) is 5.45. The molecule has 0 aliphatic heterocycles. The van der Waals surface area contributed by atoms with Gasteiger partial charge >= 0.3 is 0 Å². The Labute approximate surface area is 131 Å². The summed E-state index contributed by atoms with van der Waals surface area (Å²) >= 11 is 0. The zero-order valence-electron chi connectivity index (χ0n) is 11.9. The highest BCUT2D eigenvalue weighted by Gasteiger charge is 2.16. The van der Waals surface area contributed by atoms with E-state index in [1.807, 2.05) is 4.72 Å². The minimum atomic E-state index is -3.93. The molecular formula is C14H14F2N2O4S. The fourth-order valence-corrected chi connectivity index (χ4v) is 2.83. The van der Waals surface area contributed by atoms with Crippen molar-refractivity contribution in [2.24, 2.45) is 0 Å². The predicted molar refractivity (Wildman–Crippen MR) is 77.5 cm³/mol. The van der Waals surface area contributed by atoms with Crippen molar-refractivity contribution in [2.75, 3.05) is 6.54 Å². The van der Waals surface area contributed by atoms with Gasteiger partial charge < -0.3 is 9.73 Å². The van der Waals surface area contributed by atoms with Crippen LogP contribution in [0, 0.1) is 11.6 Å². The third kappa shape index (κ3) is 5.46. The summed E-state index contributed by atoms with van der Waals surface area (Å²) in [6.07, 6.45) is 1.45. The van der Waals surface area contributed by atoms with Gasteiger partial charge in [-0.15, -0.1) is 0 Å². The molecule has 124 valence electrons. The number of furan rings is 1. The molecule has 0 radical (unpaired) electrons. The maximum Gasteiger partial charge on any atom is 0.235 e. The lowest BCUT2D eigenvalue weighted by molar-refractivity contribution is -0.120. The number of carbonyl (C=O) groups excluding carboxylic acids is 1. The average Bonchev–Trinajstić information content (AvgIpc) is 2.99. The molecule has 2 N–H and O–H groups in total. The number of hydrogen-bond acceptors (Lipinski definition) is 4. The van der Waals surface area contributed by atoms with Crippen LogP contribution in [-0.4, -0.2) is 20.9 Å². The van der Waals surface area contributed by atoms with Crippen molar-refractivity contribution in [1.29, 1.82) is 0 Å². The Bertz CT molecular complexity index is 776. The van der Waals surface area contributed by atoms with Gasteiger partial charge in [-0.3, -0.25) is 4.79 Å². The normalized spacial score (nSPS) is 11.4. The summed E-state index contributed by atoms with van der Waals surface area (Å²) in [6.45, 7) is -0.369. The second-order valence-corrected chi connectivity index (χ2v) is 6.48. The van der Waals surface area contributed by atoms with E-state index in [1.165, 1.54) is 6.26 Å². The first-order valence-electron chi connectivity index (χ1n) is 6.56. The highest BCUT2D eigenvalue weighted by atomic mass is 32.2. The van der Waals surface area contributed by atoms with Crippen LogP contribution in [0.3, 0.4) is 0 Å². The van der Waals surface area contributed by atoms with Gasteiger partial charge in [0.15, 0.2) is 0 Å². The largest absolute Gasteiger partial charge is 0.467 e. The molecule has 0 saturated carbocycles. The van der Waals surface area contributed by atoms with E-state index < -0.39 is 39.9 Å². The smallest absolute Gasteiger partial charge is 0.235 e. The van der Waals surface area contributed by atoms with Crippen LogP contribution in [0.15, 0.2) is 41.0 Å². The molecule has 9 heteroatoms. The molecule has 23 heavy (non-hydrogen) atoms. The molecule has 1 aromatic carbocycles. The van der Waals surface area contributed by atoms with Crippen molar-refractivity contribution in [3.8, 4) is 0 Å². The third-order valence-electron chi connectivity index (χ3n) is 2.85. The first kappa shape index (κ1) is 17.1. The first-order valence-corrected chi connectivity index (χ1v) is 8.21. The van der Waals surface area contributed by atoms with Gasteiger partial charge in [0.05, 0.1) is 25.1 Å². The van der Waals surface area contributed by atoms with E-state index in [1.54, 1.807) is 12.1 Å². The van der Waals surface area contributed by atoms with Gasteiger partial charge in [0, 0.05) is 11.6 Å². The summed E-state index contributed by atoms with van der Waals surface area (Å²) in [4.78, 5) is 11.5. The Morgan fingerprint density at radius 3 is 2.65 bits per heavy atom. The number of benzene rings is 1.